The number of aryl methyl sites for hydroxylation is 2. The zero-order valence-electron chi connectivity index (χ0n) is 16.4. The van der Waals surface area contributed by atoms with Crippen molar-refractivity contribution >= 4 is 5.91 Å². The molecule has 28 heavy (non-hydrogen) atoms. The number of fused-ring (bicyclic) bond motifs is 1. The van der Waals surface area contributed by atoms with Gasteiger partial charge in [0.05, 0.1) is 6.04 Å². The number of hydrogen-bond acceptors (Lipinski definition) is 1. The van der Waals surface area contributed by atoms with Gasteiger partial charge in [-0.1, -0.05) is 78.9 Å². The maximum absolute atomic E-state index is 12.9. The third-order valence-corrected chi connectivity index (χ3v) is 5.79. The van der Waals surface area contributed by atoms with Crippen LogP contribution in [0.3, 0.4) is 0 Å². The molecule has 3 aromatic rings. The Labute approximate surface area is 167 Å². The molecule has 0 fully saturated rings. The highest BCUT2D eigenvalue weighted by molar-refractivity contribution is 5.78. The third kappa shape index (κ3) is 4.17. The Morgan fingerprint density at radius 3 is 2.07 bits per heavy atom. The molecule has 1 N–H and O–H groups in total. The van der Waals surface area contributed by atoms with Crippen LogP contribution in [0.4, 0.5) is 0 Å². The van der Waals surface area contributed by atoms with Crippen molar-refractivity contribution in [2.75, 3.05) is 0 Å². The molecule has 0 unspecified atom stereocenters. The average Bonchev–Trinajstić information content (AvgIpc) is 3.21. The summed E-state index contributed by atoms with van der Waals surface area (Å²) in [5.74, 6) is 0.153. The second kappa shape index (κ2) is 8.43. The topological polar surface area (TPSA) is 29.1 Å². The van der Waals surface area contributed by atoms with Gasteiger partial charge in [0.25, 0.3) is 0 Å². The van der Waals surface area contributed by atoms with Crippen LogP contribution in [0.2, 0.25) is 0 Å². The van der Waals surface area contributed by atoms with E-state index < -0.39 is 0 Å². The van der Waals surface area contributed by atoms with Gasteiger partial charge in [-0.15, -0.1) is 0 Å². The Morgan fingerprint density at radius 2 is 1.43 bits per heavy atom. The molecule has 1 atom stereocenters. The van der Waals surface area contributed by atoms with Crippen LogP contribution in [0.15, 0.2) is 78.9 Å². The van der Waals surface area contributed by atoms with Crippen LogP contribution in [0, 0.1) is 0 Å². The predicted octanol–water partition coefficient (Wildman–Crippen LogP) is 5.57. The summed E-state index contributed by atoms with van der Waals surface area (Å²) in [6, 6.07) is 27.3. The molecule has 0 saturated carbocycles. The molecular weight excluding hydrogens is 342 g/mol. The van der Waals surface area contributed by atoms with Crippen LogP contribution in [-0.2, 0) is 17.6 Å². The first-order chi connectivity index (χ1) is 13.7. The molecular formula is C26H27NO. The highest BCUT2D eigenvalue weighted by Gasteiger charge is 2.20. The lowest BCUT2D eigenvalue weighted by Gasteiger charge is -2.20. The second-order valence-corrected chi connectivity index (χ2v) is 7.75. The van der Waals surface area contributed by atoms with Crippen LogP contribution in [-0.4, -0.2) is 5.91 Å². The first-order valence-corrected chi connectivity index (χ1v) is 10.2. The van der Waals surface area contributed by atoms with E-state index in [-0.39, 0.29) is 17.9 Å². The van der Waals surface area contributed by atoms with Gasteiger partial charge >= 0.3 is 0 Å². The fourth-order valence-electron chi connectivity index (χ4n) is 4.23. The zero-order chi connectivity index (χ0) is 19.3. The van der Waals surface area contributed by atoms with Gasteiger partial charge in [0, 0.05) is 12.3 Å². The summed E-state index contributed by atoms with van der Waals surface area (Å²) in [5, 5.41) is 3.22. The molecule has 0 bridgehead atoms. The molecule has 0 heterocycles. The molecule has 3 aromatic carbocycles. The lowest BCUT2D eigenvalue weighted by molar-refractivity contribution is -0.121. The molecule has 0 radical (unpaired) electrons. The summed E-state index contributed by atoms with van der Waals surface area (Å²) < 4.78 is 0. The Morgan fingerprint density at radius 1 is 0.821 bits per heavy atom. The molecule has 1 aliphatic carbocycles. The van der Waals surface area contributed by atoms with Crippen molar-refractivity contribution in [1.82, 2.24) is 5.32 Å². The van der Waals surface area contributed by atoms with Crippen LogP contribution in [0.1, 0.15) is 59.5 Å². The minimum Gasteiger partial charge on any atom is -0.350 e. The molecule has 1 aliphatic rings. The molecule has 2 heteroatoms. The average molecular weight is 370 g/mol. The smallest absolute Gasteiger partial charge is 0.221 e. The summed E-state index contributed by atoms with van der Waals surface area (Å²) in [6.45, 7) is 2.08. The second-order valence-electron chi connectivity index (χ2n) is 7.75. The summed E-state index contributed by atoms with van der Waals surface area (Å²) >= 11 is 0. The summed E-state index contributed by atoms with van der Waals surface area (Å²) in [5.41, 5.74) is 6.47. The lowest BCUT2D eigenvalue weighted by Crippen LogP contribution is -2.28. The van der Waals surface area contributed by atoms with Crippen molar-refractivity contribution in [2.24, 2.45) is 0 Å². The standard InChI is InChI=1S/C26H27NO/c1-19(23-16-15-20-13-8-14-24(20)17-23)27-26(28)18-25(21-9-4-2-5-10-21)22-11-6-3-7-12-22/h2-7,9-12,15-17,19,25H,8,13-14,18H2,1H3,(H,27,28)/t19-/m1/s1. The number of rotatable bonds is 6. The van der Waals surface area contributed by atoms with Crippen molar-refractivity contribution in [2.45, 2.75) is 44.6 Å². The maximum Gasteiger partial charge on any atom is 0.221 e. The molecule has 0 aliphatic heterocycles. The van der Waals surface area contributed by atoms with E-state index in [9.17, 15) is 4.79 Å². The molecule has 0 spiro atoms. The minimum atomic E-state index is 0.0191. The number of hydrogen-bond donors (Lipinski definition) is 1. The van der Waals surface area contributed by atoms with E-state index in [4.69, 9.17) is 0 Å². The van der Waals surface area contributed by atoms with Crippen molar-refractivity contribution < 1.29 is 4.79 Å². The largest absolute Gasteiger partial charge is 0.350 e. The summed E-state index contributed by atoms with van der Waals surface area (Å²) in [7, 11) is 0. The van der Waals surface area contributed by atoms with Gasteiger partial charge in [0.2, 0.25) is 5.91 Å². The van der Waals surface area contributed by atoms with Crippen LogP contribution >= 0.6 is 0 Å². The number of benzene rings is 3. The normalized spacial score (nSPS) is 13.9. The maximum atomic E-state index is 12.9. The number of amides is 1. The SMILES string of the molecule is C[C@@H](NC(=O)CC(c1ccccc1)c1ccccc1)c1ccc2c(c1)CCC2. The van der Waals surface area contributed by atoms with E-state index >= 15 is 0 Å². The molecule has 4 rings (SSSR count). The van der Waals surface area contributed by atoms with E-state index in [1.54, 1.807) is 0 Å². The number of nitrogens with one attached hydrogen (secondary N) is 1. The molecule has 0 aromatic heterocycles. The zero-order valence-corrected chi connectivity index (χ0v) is 16.4. The van der Waals surface area contributed by atoms with Crippen molar-refractivity contribution in [3.05, 3.63) is 107 Å². The van der Waals surface area contributed by atoms with Crippen LogP contribution in [0.25, 0.3) is 0 Å². The monoisotopic (exact) mass is 369 g/mol. The summed E-state index contributed by atoms with van der Waals surface area (Å²) in [4.78, 5) is 12.9. The van der Waals surface area contributed by atoms with E-state index in [0.29, 0.717) is 6.42 Å². The van der Waals surface area contributed by atoms with Crippen molar-refractivity contribution in [3.8, 4) is 0 Å². The first-order valence-electron chi connectivity index (χ1n) is 10.2. The van der Waals surface area contributed by atoms with Gasteiger partial charge in [-0.2, -0.15) is 0 Å². The predicted molar refractivity (Wildman–Crippen MR) is 114 cm³/mol. The van der Waals surface area contributed by atoms with Crippen LogP contribution < -0.4 is 5.32 Å². The third-order valence-electron chi connectivity index (χ3n) is 5.79. The van der Waals surface area contributed by atoms with Gasteiger partial charge in [0.15, 0.2) is 0 Å². The highest BCUT2D eigenvalue weighted by atomic mass is 16.1. The van der Waals surface area contributed by atoms with Crippen molar-refractivity contribution in [1.29, 1.82) is 0 Å². The van der Waals surface area contributed by atoms with Gasteiger partial charge in [-0.25, -0.2) is 0 Å². The first kappa shape index (κ1) is 18.5. The summed E-state index contributed by atoms with van der Waals surface area (Å²) in [6.07, 6.45) is 4.04. The number of carbonyl (C=O) groups is 1. The molecule has 2 nitrogen and oxygen atoms in total. The number of carbonyl (C=O) groups excluding carboxylic acids is 1. The molecule has 0 saturated heterocycles. The lowest BCUT2D eigenvalue weighted by atomic mass is 9.88. The highest BCUT2D eigenvalue weighted by Crippen LogP contribution is 2.29. The van der Waals surface area contributed by atoms with E-state index in [1.807, 2.05) is 36.4 Å². The van der Waals surface area contributed by atoms with Gasteiger partial charge in [-0.05, 0) is 54.0 Å². The minimum absolute atomic E-state index is 0.0191. The fraction of sp³-hybridized carbons (Fsp3) is 0.269. The van der Waals surface area contributed by atoms with Gasteiger partial charge < -0.3 is 5.32 Å². The van der Waals surface area contributed by atoms with E-state index in [1.165, 1.54) is 40.7 Å². The fourth-order valence-corrected chi connectivity index (χ4v) is 4.23. The van der Waals surface area contributed by atoms with Gasteiger partial charge in [0.1, 0.15) is 0 Å². The Hall–Kier alpha value is -2.87. The molecule has 1 amide bonds. The van der Waals surface area contributed by atoms with Gasteiger partial charge in [-0.3, -0.25) is 4.79 Å². The Balaban J connectivity index is 1.48. The van der Waals surface area contributed by atoms with E-state index in [2.05, 4.69) is 54.7 Å². The van der Waals surface area contributed by atoms with Crippen molar-refractivity contribution in [3.63, 3.8) is 0 Å². The Bertz CT molecular complexity index is 894. The molecule has 142 valence electrons. The Kier molecular flexibility index (Phi) is 5.57. The van der Waals surface area contributed by atoms with E-state index in [0.717, 1.165) is 6.42 Å². The quantitative estimate of drug-likeness (QED) is 0.604. The van der Waals surface area contributed by atoms with Crippen LogP contribution in [0.5, 0.6) is 0 Å².